The number of carboxylic acids is 1. The van der Waals surface area contributed by atoms with E-state index in [9.17, 15) is 19.5 Å². The standard InChI is InChI=1S/C16H15N7O5S/c1-2-3-28-21-11(10-7-29-16(18)20-10)13(24)19-9-6-22-5-8(4-17)12(15(26)27)23(22)14(9)25/h2,7,9H,1,3,5-6H2,(H2,18,20)(H,19,24)(H,26,27)/b21-11+/t9-/m0/s1. The maximum Gasteiger partial charge on any atom is 0.355 e. The van der Waals surface area contributed by atoms with Gasteiger partial charge in [0.25, 0.3) is 11.8 Å². The van der Waals surface area contributed by atoms with Gasteiger partial charge in [0.15, 0.2) is 16.5 Å². The van der Waals surface area contributed by atoms with E-state index in [0.29, 0.717) is 0 Å². The second-order valence-corrected chi connectivity index (χ2v) is 6.75. The second kappa shape index (κ2) is 8.09. The highest BCUT2D eigenvalue weighted by Gasteiger charge is 2.48. The number of anilines is 1. The van der Waals surface area contributed by atoms with Gasteiger partial charge in [-0.3, -0.25) is 9.59 Å². The molecule has 13 heteroatoms. The van der Waals surface area contributed by atoms with Crippen molar-refractivity contribution in [2.24, 2.45) is 5.16 Å². The van der Waals surface area contributed by atoms with Gasteiger partial charge in [0, 0.05) is 11.9 Å². The number of nitrogens with zero attached hydrogens (tertiary/aromatic N) is 5. The van der Waals surface area contributed by atoms with Gasteiger partial charge >= 0.3 is 5.97 Å². The van der Waals surface area contributed by atoms with Crippen molar-refractivity contribution in [3.63, 3.8) is 0 Å². The maximum atomic E-state index is 12.7. The molecule has 12 nitrogen and oxygen atoms in total. The molecule has 1 atom stereocenters. The van der Waals surface area contributed by atoms with E-state index >= 15 is 0 Å². The number of hydrazine groups is 1. The monoisotopic (exact) mass is 417 g/mol. The van der Waals surface area contributed by atoms with Gasteiger partial charge in [-0.25, -0.2) is 19.8 Å². The normalized spacial score (nSPS) is 19.1. The summed E-state index contributed by atoms with van der Waals surface area (Å²) >= 11 is 1.10. The highest BCUT2D eigenvalue weighted by molar-refractivity contribution is 7.13. The first-order valence-electron chi connectivity index (χ1n) is 8.15. The molecule has 1 fully saturated rings. The van der Waals surface area contributed by atoms with Crippen LogP contribution in [0.3, 0.4) is 0 Å². The van der Waals surface area contributed by atoms with Gasteiger partial charge in [-0.15, -0.1) is 11.3 Å². The Balaban J connectivity index is 1.80. The van der Waals surface area contributed by atoms with Crippen molar-refractivity contribution in [3.05, 3.63) is 35.0 Å². The first kappa shape index (κ1) is 20.0. The number of rotatable bonds is 7. The van der Waals surface area contributed by atoms with Crippen molar-refractivity contribution >= 4 is 40.0 Å². The number of carboxylic acid groups (broad SMARTS) is 1. The molecule has 0 saturated carbocycles. The van der Waals surface area contributed by atoms with Crippen LogP contribution in [0.4, 0.5) is 5.13 Å². The molecule has 0 radical (unpaired) electrons. The zero-order chi connectivity index (χ0) is 21.1. The fraction of sp³-hybridized carbons (Fsp3) is 0.250. The van der Waals surface area contributed by atoms with Crippen LogP contribution in [0.5, 0.6) is 0 Å². The summed E-state index contributed by atoms with van der Waals surface area (Å²) in [5.74, 6) is -2.82. The zero-order valence-electron chi connectivity index (χ0n) is 14.9. The van der Waals surface area contributed by atoms with Crippen LogP contribution in [-0.4, -0.2) is 69.3 Å². The number of hydrogen-bond donors (Lipinski definition) is 3. The first-order chi connectivity index (χ1) is 13.9. The molecule has 0 aromatic carbocycles. The summed E-state index contributed by atoms with van der Waals surface area (Å²) in [4.78, 5) is 45.8. The molecule has 2 aliphatic rings. The van der Waals surface area contributed by atoms with Crippen molar-refractivity contribution in [2.75, 3.05) is 25.4 Å². The number of thiazole rings is 1. The molecule has 4 N–H and O–H groups in total. The van der Waals surface area contributed by atoms with Gasteiger partial charge in [0.1, 0.15) is 18.3 Å². The van der Waals surface area contributed by atoms with E-state index in [0.717, 1.165) is 16.3 Å². The average Bonchev–Trinajstić information content (AvgIpc) is 3.34. The van der Waals surface area contributed by atoms with E-state index in [1.807, 2.05) is 0 Å². The van der Waals surface area contributed by atoms with E-state index < -0.39 is 29.5 Å². The van der Waals surface area contributed by atoms with Crippen molar-refractivity contribution in [1.82, 2.24) is 20.3 Å². The Hall–Kier alpha value is -3.76. The molecular weight excluding hydrogens is 402 g/mol. The summed E-state index contributed by atoms with van der Waals surface area (Å²) < 4.78 is 0. The van der Waals surface area contributed by atoms with Gasteiger partial charge in [-0.05, 0) is 0 Å². The largest absolute Gasteiger partial charge is 0.476 e. The van der Waals surface area contributed by atoms with Crippen LogP contribution in [0.1, 0.15) is 5.69 Å². The summed E-state index contributed by atoms with van der Waals surface area (Å²) in [5.41, 5.74) is 5.12. The van der Waals surface area contributed by atoms with E-state index in [-0.39, 0.29) is 41.8 Å². The summed E-state index contributed by atoms with van der Waals surface area (Å²) in [5, 5.41) is 28.7. The SMILES string of the molecule is C=CCO/N=C(/C(=O)N[C@H]1CN2CC(C#N)=C(C(=O)O)N2C1=O)c1csc(N)n1. The predicted molar refractivity (Wildman–Crippen MR) is 99.8 cm³/mol. The lowest BCUT2D eigenvalue weighted by Gasteiger charge is -2.18. The fourth-order valence-corrected chi connectivity index (χ4v) is 3.37. The highest BCUT2D eigenvalue weighted by atomic mass is 32.1. The number of nitrogen functional groups attached to an aromatic ring is 1. The third kappa shape index (κ3) is 3.79. The predicted octanol–water partition coefficient (Wildman–Crippen LogP) is -0.948. The molecule has 1 aromatic rings. The number of aliphatic carboxylic acids is 1. The smallest absolute Gasteiger partial charge is 0.355 e. The summed E-state index contributed by atoms with van der Waals surface area (Å²) in [6, 6.07) is 0.740. The molecule has 150 valence electrons. The Morgan fingerprint density at radius 1 is 1.62 bits per heavy atom. The lowest BCUT2D eigenvalue weighted by atomic mass is 10.2. The van der Waals surface area contributed by atoms with Crippen molar-refractivity contribution in [3.8, 4) is 6.07 Å². The van der Waals surface area contributed by atoms with Crippen LogP contribution < -0.4 is 11.1 Å². The van der Waals surface area contributed by atoms with Crippen LogP contribution in [0, 0.1) is 11.3 Å². The molecule has 1 aromatic heterocycles. The summed E-state index contributed by atoms with van der Waals surface area (Å²) in [6.45, 7) is 3.48. The molecular formula is C16H15N7O5S. The fourth-order valence-electron chi connectivity index (χ4n) is 2.83. The van der Waals surface area contributed by atoms with Crippen LogP contribution in [-0.2, 0) is 19.2 Å². The molecule has 0 bridgehead atoms. The maximum absolute atomic E-state index is 12.7. The topological polar surface area (TPSA) is 174 Å². The third-order valence-electron chi connectivity index (χ3n) is 3.99. The Labute approximate surface area is 168 Å². The van der Waals surface area contributed by atoms with Crippen LogP contribution >= 0.6 is 11.3 Å². The van der Waals surface area contributed by atoms with Crippen LogP contribution in [0.15, 0.2) is 34.5 Å². The van der Waals surface area contributed by atoms with Gasteiger partial charge in [-0.1, -0.05) is 17.8 Å². The van der Waals surface area contributed by atoms with Gasteiger partial charge in [0.05, 0.1) is 18.2 Å². The van der Waals surface area contributed by atoms with Gasteiger partial charge < -0.3 is 21.0 Å². The molecule has 3 heterocycles. The van der Waals surface area contributed by atoms with Crippen molar-refractivity contribution in [1.29, 1.82) is 5.26 Å². The minimum Gasteiger partial charge on any atom is -0.476 e. The first-order valence-corrected chi connectivity index (χ1v) is 9.03. The number of carbonyl (C=O) groups excluding carboxylic acids is 2. The number of carbonyl (C=O) groups is 3. The molecule has 2 amide bonds. The molecule has 0 unspecified atom stereocenters. The molecule has 0 spiro atoms. The number of oxime groups is 1. The van der Waals surface area contributed by atoms with Gasteiger partial charge in [-0.2, -0.15) is 5.26 Å². The molecule has 2 aliphatic heterocycles. The third-order valence-corrected chi connectivity index (χ3v) is 4.67. The number of nitriles is 1. The Kier molecular flexibility index (Phi) is 5.57. The second-order valence-electron chi connectivity index (χ2n) is 5.86. The average molecular weight is 417 g/mol. The van der Waals surface area contributed by atoms with E-state index in [4.69, 9.17) is 15.8 Å². The summed E-state index contributed by atoms with van der Waals surface area (Å²) in [7, 11) is 0. The zero-order valence-corrected chi connectivity index (χ0v) is 15.7. The van der Waals surface area contributed by atoms with Crippen LogP contribution in [0.25, 0.3) is 0 Å². The molecule has 3 rings (SSSR count). The molecule has 0 aliphatic carbocycles. The lowest BCUT2D eigenvalue weighted by molar-refractivity contribution is -0.143. The summed E-state index contributed by atoms with van der Waals surface area (Å²) in [6.07, 6.45) is 1.43. The van der Waals surface area contributed by atoms with Crippen molar-refractivity contribution < 1.29 is 24.3 Å². The van der Waals surface area contributed by atoms with E-state index in [1.54, 1.807) is 6.07 Å². The minimum atomic E-state index is -1.40. The number of aromatic nitrogens is 1. The number of fused-ring (bicyclic) bond motifs is 1. The Morgan fingerprint density at radius 3 is 2.97 bits per heavy atom. The van der Waals surface area contributed by atoms with Crippen molar-refractivity contribution in [2.45, 2.75) is 6.04 Å². The highest BCUT2D eigenvalue weighted by Crippen LogP contribution is 2.29. The minimum absolute atomic E-state index is 0.00741. The number of hydrogen-bond acceptors (Lipinski definition) is 10. The lowest BCUT2D eigenvalue weighted by Crippen LogP contribution is -2.46. The van der Waals surface area contributed by atoms with Crippen LogP contribution in [0.2, 0.25) is 0 Å². The molecule has 29 heavy (non-hydrogen) atoms. The van der Waals surface area contributed by atoms with E-state index in [2.05, 4.69) is 22.0 Å². The van der Waals surface area contributed by atoms with Gasteiger partial charge in [0.2, 0.25) is 0 Å². The number of nitrogens with two attached hydrogens (primary N) is 1. The Bertz CT molecular complexity index is 992. The number of nitrogens with one attached hydrogen (secondary N) is 1. The van der Waals surface area contributed by atoms with E-state index in [1.165, 1.54) is 16.5 Å². The number of amides is 2. The Morgan fingerprint density at radius 2 is 2.38 bits per heavy atom. The molecule has 1 saturated heterocycles. The quantitative estimate of drug-likeness (QED) is 0.219.